The lowest BCUT2D eigenvalue weighted by Crippen LogP contribution is -2.35. The minimum absolute atomic E-state index is 0.0597. The van der Waals surface area contributed by atoms with E-state index in [0.717, 1.165) is 23.3 Å². The van der Waals surface area contributed by atoms with Crippen molar-refractivity contribution < 1.29 is 22.4 Å². The average Bonchev–Trinajstić information content (AvgIpc) is 3.05. The highest BCUT2D eigenvalue weighted by Crippen LogP contribution is 2.37. The topological polar surface area (TPSA) is 95.6 Å². The molecule has 0 radical (unpaired) electrons. The van der Waals surface area contributed by atoms with Crippen molar-refractivity contribution >= 4 is 38.9 Å². The van der Waals surface area contributed by atoms with Gasteiger partial charge < -0.3 is 10.6 Å². The number of anilines is 3. The lowest BCUT2D eigenvalue weighted by molar-refractivity contribution is -0.116. The molecule has 0 saturated carbocycles. The first-order valence-electron chi connectivity index (χ1n) is 11.4. The lowest BCUT2D eigenvalue weighted by atomic mass is 10.1. The largest absolute Gasteiger partial charge is 0.326 e. The molecule has 7 nitrogen and oxygen atoms in total. The van der Waals surface area contributed by atoms with Crippen LogP contribution in [0.5, 0.6) is 0 Å². The zero-order valence-electron chi connectivity index (χ0n) is 19.0. The number of benzene rings is 3. The Hall–Kier alpha value is -3.72. The van der Waals surface area contributed by atoms with Crippen LogP contribution in [0.3, 0.4) is 0 Å². The summed E-state index contributed by atoms with van der Waals surface area (Å²) in [5.74, 6) is -1.64. The minimum Gasteiger partial charge on any atom is -0.326 e. The van der Waals surface area contributed by atoms with Crippen LogP contribution in [-0.4, -0.2) is 26.3 Å². The normalized spacial score (nSPS) is 17.3. The number of fused-ring (bicyclic) bond motifs is 2. The molecule has 3 aromatic carbocycles. The number of sulfonamides is 1. The van der Waals surface area contributed by atoms with Gasteiger partial charge in [-0.1, -0.05) is 18.2 Å². The Balaban J connectivity index is 1.43. The van der Waals surface area contributed by atoms with E-state index < -0.39 is 21.7 Å². The Morgan fingerprint density at radius 3 is 2.69 bits per heavy atom. The van der Waals surface area contributed by atoms with E-state index in [1.165, 1.54) is 10.4 Å². The van der Waals surface area contributed by atoms with Gasteiger partial charge in [0, 0.05) is 23.8 Å². The van der Waals surface area contributed by atoms with Crippen molar-refractivity contribution in [3.63, 3.8) is 0 Å². The van der Waals surface area contributed by atoms with E-state index in [-0.39, 0.29) is 22.4 Å². The molecule has 9 heteroatoms. The van der Waals surface area contributed by atoms with E-state index in [1.54, 1.807) is 30.3 Å². The van der Waals surface area contributed by atoms with Gasteiger partial charge in [-0.2, -0.15) is 0 Å². The summed E-state index contributed by atoms with van der Waals surface area (Å²) in [6.45, 7) is 1.81. The fourth-order valence-corrected chi connectivity index (χ4v) is 6.43. The zero-order valence-corrected chi connectivity index (χ0v) is 19.9. The fourth-order valence-electron chi connectivity index (χ4n) is 4.71. The predicted molar refractivity (Wildman–Crippen MR) is 132 cm³/mol. The molecule has 0 aromatic heterocycles. The molecule has 1 atom stereocenters. The SMILES string of the molecule is CC1Cc2ccccc2N1S(=O)(=O)c1ccc(F)c(C(=O)Nc2ccc3c(c2)CCCC(=O)N3)c1. The molecule has 35 heavy (non-hydrogen) atoms. The molecule has 2 aliphatic rings. The summed E-state index contributed by atoms with van der Waals surface area (Å²) in [7, 11) is -4.02. The molecule has 180 valence electrons. The maximum absolute atomic E-state index is 14.7. The standard InChI is InChI=1S/C26H24FN3O4S/c1-16-13-18-5-2-3-7-24(18)30(16)35(33,34)20-10-11-22(27)21(15-20)26(32)28-19-9-12-23-17(14-19)6-4-8-25(31)29-23/h2-3,5,7,9-12,14-16H,4,6,8,13H2,1H3,(H,28,32)(H,29,31). The first-order valence-corrected chi connectivity index (χ1v) is 12.8. The molecule has 2 amide bonds. The molecule has 0 bridgehead atoms. The summed E-state index contributed by atoms with van der Waals surface area (Å²) in [6.07, 6.45) is 2.34. The number of amides is 2. The number of carbonyl (C=O) groups is 2. The van der Waals surface area contributed by atoms with E-state index in [1.807, 2.05) is 19.1 Å². The van der Waals surface area contributed by atoms with E-state index in [0.29, 0.717) is 42.7 Å². The minimum atomic E-state index is -4.02. The number of hydrogen-bond acceptors (Lipinski definition) is 4. The van der Waals surface area contributed by atoms with Crippen molar-refractivity contribution in [2.75, 3.05) is 14.9 Å². The van der Waals surface area contributed by atoms with Crippen LogP contribution in [0, 0.1) is 5.82 Å². The Bertz CT molecular complexity index is 1450. The molecular formula is C26H24FN3O4S. The molecule has 2 N–H and O–H groups in total. The number of carbonyl (C=O) groups excluding carboxylic acids is 2. The third-order valence-electron chi connectivity index (χ3n) is 6.37. The summed E-state index contributed by atoms with van der Waals surface area (Å²) in [5.41, 5.74) is 3.13. The van der Waals surface area contributed by atoms with E-state index in [9.17, 15) is 22.4 Å². The second-order valence-electron chi connectivity index (χ2n) is 8.85. The second kappa shape index (κ2) is 8.81. The second-order valence-corrected chi connectivity index (χ2v) is 10.7. The van der Waals surface area contributed by atoms with Crippen LogP contribution in [-0.2, 0) is 27.7 Å². The zero-order chi connectivity index (χ0) is 24.7. The summed E-state index contributed by atoms with van der Waals surface area (Å²) in [6, 6.07) is 15.3. The highest BCUT2D eigenvalue weighted by atomic mass is 32.2. The van der Waals surface area contributed by atoms with Crippen LogP contribution in [0.4, 0.5) is 21.5 Å². The number of halogens is 1. The summed E-state index contributed by atoms with van der Waals surface area (Å²) >= 11 is 0. The van der Waals surface area contributed by atoms with E-state index in [4.69, 9.17) is 0 Å². The molecule has 1 unspecified atom stereocenters. The quantitative estimate of drug-likeness (QED) is 0.560. The van der Waals surface area contributed by atoms with Crippen LogP contribution in [0.1, 0.15) is 41.3 Å². The van der Waals surface area contributed by atoms with Gasteiger partial charge >= 0.3 is 0 Å². The number of nitrogens with zero attached hydrogens (tertiary/aromatic N) is 1. The first kappa shape index (κ1) is 23.0. The molecule has 0 saturated heterocycles. The first-order chi connectivity index (χ1) is 16.7. The Morgan fingerprint density at radius 2 is 1.86 bits per heavy atom. The number of para-hydroxylation sites is 1. The van der Waals surface area contributed by atoms with Gasteiger partial charge in [0.05, 0.1) is 16.1 Å². The molecule has 3 aromatic rings. The van der Waals surface area contributed by atoms with Gasteiger partial charge in [0.2, 0.25) is 5.91 Å². The molecule has 5 rings (SSSR count). The Kier molecular flexibility index (Phi) is 5.80. The Labute approximate surface area is 203 Å². The highest BCUT2D eigenvalue weighted by molar-refractivity contribution is 7.92. The average molecular weight is 494 g/mol. The molecule has 0 fully saturated rings. The van der Waals surface area contributed by atoms with Gasteiger partial charge in [0.1, 0.15) is 5.82 Å². The summed E-state index contributed by atoms with van der Waals surface area (Å²) in [5, 5.41) is 5.48. The number of aryl methyl sites for hydroxylation is 1. The third kappa shape index (κ3) is 4.27. The summed E-state index contributed by atoms with van der Waals surface area (Å²) < 4.78 is 43.0. The smallest absolute Gasteiger partial charge is 0.264 e. The third-order valence-corrected chi connectivity index (χ3v) is 8.30. The van der Waals surface area contributed by atoms with Crippen LogP contribution in [0.25, 0.3) is 0 Å². The monoisotopic (exact) mass is 493 g/mol. The number of nitrogens with one attached hydrogen (secondary N) is 2. The molecule has 2 aliphatic heterocycles. The van der Waals surface area contributed by atoms with Crippen molar-refractivity contribution in [1.82, 2.24) is 0 Å². The van der Waals surface area contributed by atoms with Crippen molar-refractivity contribution in [2.45, 2.75) is 43.5 Å². The van der Waals surface area contributed by atoms with Gasteiger partial charge in [-0.15, -0.1) is 0 Å². The molecule has 0 aliphatic carbocycles. The molecule has 0 spiro atoms. The van der Waals surface area contributed by atoms with Crippen LogP contribution in [0.15, 0.2) is 65.6 Å². The molecule has 2 heterocycles. The van der Waals surface area contributed by atoms with Crippen LogP contribution >= 0.6 is 0 Å². The Morgan fingerprint density at radius 1 is 1.06 bits per heavy atom. The van der Waals surface area contributed by atoms with Gasteiger partial charge in [-0.05, 0) is 79.8 Å². The van der Waals surface area contributed by atoms with Crippen molar-refractivity contribution in [3.05, 3.63) is 83.2 Å². The van der Waals surface area contributed by atoms with Gasteiger partial charge in [0.25, 0.3) is 15.9 Å². The maximum Gasteiger partial charge on any atom is 0.264 e. The van der Waals surface area contributed by atoms with Crippen molar-refractivity contribution in [3.8, 4) is 0 Å². The maximum atomic E-state index is 14.7. The number of rotatable bonds is 4. The number of hydrogen-bond donors (Lipinski definition) is 2. The van der Waals surface area contributed by atoms with Crippen molar-refractivity contribution in [1.29, 1.82) is 0 Å². The van der Waals surface area contributed by atoms with Gasteiger partial charge in [-0.25, -0.2) is 12.8 Å². The van der Waals surface area contributed by atoms with Crippen LogP contribution < -0.4 is 14.9 Å². The van der Waals surface area contributed by atoms with E-state index >= 15 is 0 Å². The predicted octanol–water partition coefficient (Wildman–Crippen LogP) is 4.49. The van der Waals surface area contributed by atoms with Crippen molar-refractivity contribution in [2.24, 2.45) is 0 Å². The lowest BCUT2D eigenvalue weighted by Gasteiger charge is -2.24. The van der Waals surface area contributed by atoms with Gasteiger partial charge in [0.15, 0.2) is 0 Å². The van der Waals surface area contributed by atoms with Gasteiger partial charge in [-0.3, -0.25) is 13.9 Å². The molecular weight excluding hydrogens is 469 g/mol. The fraction of sp³-hybridized carbons (Fsp3) is 0.231. The highest BCUT2D eigenvalue weighted by Gasteiger charge is 2.36. The van der Waals surface area contributed by atoms with E-state index in [2.05, 4.69) is 10.6 Å². The summed E-state index contributed by atoms with van der Waals surface area (Å²) in [4.78, 5) is 24.6. The van der Waals surface area contributed by atoms with Crippen LogP contribution in [0.2, 0.25) is 0 Å².